The molecular weight excluding hydrogens is 280 g/mol. The van der Waals surface area contributed by atoms with Crippen molar-refractivity contribution >= 4 is 5.97 Å². The van der Waals surface area contributed by atoms with Crippen LogP contribution in [-0.4, -0.2) is 36.8 Å². The summed E-state index contributed by atoms with van der Waals surface area (Å²) >= 11 is 0. The monoisotopic (exact) mass is 300 g/mol. The van der Waals surface area contributed by atoms with E-state index in [4.69, 9.17) is 0 Å². The molecule has 1 aliphatic rings. The number of hydrogen-bond acceptors (Lipinski definition) is 4. The van der Waals surface area contributed by atoms with Crippen molar-refractivity contribution in [2.24, 2.45) is 0 Å². The number of aromatic nitrogens is 3. The fraction of sp³-hybridized carbons (Fsp3) is 0.438. The molecule has 1 atom stereocenters. The number of hydrogen-bond donors (Lipinski definition) is 1. The molecule has 0 amide bonds. The van der Waals surface area contributed by atoms with Crippen LogP contribution >= 0.6 is 0 Å². The van der Waals surface area contributed by atoms with E-state index in [1.165, 1.54) is 16.7 Å². The Morgan fingerprint density at radius 2 is 1.95 bits per heavy atom. The first-order valence-corrected chi connectivity index (χ1v) is 7.38. The van der Waals surface area contributed by atoms with Gasteiger partial charge in [0.15, 0.2) is 0 Å². The second-order valence-corrected chi connectivity index (χ2v) is 5.90. The molecule has 6 heteroatoms. The molecule has 0 aliphatic carbocycles. The number of nitrogens with zero attached hydrogens (tertiary/aromatic N) is 4. The predicted octanol–water partition coefficient (Wildman–Crippen LogP) is 1.67. The van der Waals surface area contributed by atoms with E-state index < -0.39 is 12.0 Å². The van der Waals surface area contributed by atoms with E-state index in [9.17, 15) is 9.90 Å². The third-order valence-corrected chi connectivity index (χ3v) is 4.44. The molecule has 1 unspecified atom stereocenters. The van der Waals surface area contributed by atoms with Crippen molar-refractivity contribution in [3.8, 4) is 0 Å². The molecule has 0 radical (unpaired) electrons. The number of benzene rings is 1. The van der Waals surface area contributed by atoms with Crippen LogP contribution in [0.5, 0.6) is 0 Å². The molecule has 0 bridgehead atoms. The van der Waals surface area contributed by atoms with Crippen LogP contribution in [-0.2, 0) is 24.4 Å². The van der Waals surface area contributed by atoms with Crippen LogP contribution in [0.1, 0.15) is 28.3 Å². The summed E-state index contributed by atoms with van der Waals surface area (Å²) in [6.07, 6.45) is 0. The number of rotatable bonds is 3. The highest BCUT2D eigenvalue weighted by atomic mass is 16.4. The van der Waals surface area contributed by atoms with Crippen LogP contribution in [0.25, 0.3) is 0 Å². The maximum Gasteiger partial charge on any atom is 0.322 e. The van der Waals surface area contributed by atoms with Crippen molar-refractivity contribution < 1.29 is 9.90 Å². The largest absolute Gasteiger partial charge is 0.480 e. The molecule has 0 saturated carbocycles. The second kappa shape index (κ2) is 5.53. The van der Waals surface area contributed by atoms with Crippen molar-refractivity contribution in [3.05, 3.63) is 46.5 Å². The Hall–Kier alpha value is -2.21. The molecule has 1 aromatic carbocycles. The van der Waals surface area contributed by atoms with Crippen LogP contribution in [0.15, 0.2) is 18.2 Å². The Morgan fingerprint density at radius 3 is 2.59 bits per heavy atom. The zero-order valence-corrected chi connectivity index (χ0v) is 13.1. The van der Waals surface area contributed by atoms with E-state index in [0.29, 0.717) is 19.6 Å². The van der Waals surface area contributed by atoms with Crippen LogP contribution in [0.4, 0.5) is 0 Å². The molecular formula is C16H20N4O2. The van der Waals surface area contributed by atoms with Gasteiger partial charge in [0, 0.05) is 6.54 Å². The van der Waals surface area contributed by atoms with Gasteiger partial charge in [-0.1, -0.05) is 18.2 Å². The van der Waals surface area contributed by atoms with Crippen LogP contribution < -0.4 is 0 Å². The molecule has 116 valence electrons. The first kappa shape index (κ1) is 14.7. The van der Waals surface area contributed by atoms with Gasteiger partial charge in [0.25, 0.3) is 0 Å². The molecule has 1 aliphatic heterocycles. The van der Waals surface area contributed by atoms with Crippen molar-refractivity contribution in [2.75, 3.05) is 0 Å². The molecule has 2 heterocycles. The zero-order chi connectivity index (χ0) is 15.9. The number of aliphatic carboxylic acids is 1. The minimum atomic E-state index is -0.801. The van der Waals surface area contributed by atoms with Crippen molar-refractivity contribution in [1.82, 2.24) is 19.7 Å². The average Bonchev–Trinajstić information content (AvgIpc) is 2.83. The van der Waals surface area contributed by atoms with Crippen molar-refractivity contribution in [1.29, 1.82) is 0 Å². The summed E-state index contributed by atoms with van der Waals surface area (Å²) in [5.41, 5.74) is 3.57. The average molecular weight is 300 g/mol. The molecule has 0 saturated heterocycles. The van der Waals surface area contributed by atoms with Gasteiger partial charge in [-0.15, -0.1) is 10.2 Å². The van der Waals surface area contributed by atoms with Crippen molar-refractivity contribution in [3.63, 3.8) is 0 Å². The molecule has 3 rings (SSSR count). The maximum atomic E-state index is 11.7. The summed E-state index contributed by atoms with van der Waals surface area (Å²) < 4.78 is 1.90. The normalized spacial score (nSPS) is 18.2. The van der Waals surface area contributed by atoms with Gasteiger partial charge < -0.3 is 9.67 Å². The van der Waals surface area contributed by atoms with Crippen LogP contribution in [0.2, 0.25) is 0 Å². The number of fused-ring (bicyclic) bond motifs is 1. The van der Waals surface area contributed by atoms with E-state index in [-0.39, 0.29) is 0 Å². The number of carbonyl (C=O) groups is 1. The van der Waals surface area contributed by atoms with E-state index in [1.807, 2.05) is 22.5 Å². The highest BCUT2D eigenvalue weighted by Crippen LogP contribution is 2.23. The highest BCUT2D eigenvalue weighted by molar-refractivity contribution is 5.73. The Balaban J connectivity index is 1.93. The Bertz CT molecular complexity index is 703. The topological polar surface area (TPSA) is 71.2 Å². The fourth-order valence-electron chi connectivity index (χ4n) is 3.06. The SMILES string of the molecule is Cc1cccc(C)c1CN1Cc2nnc(C)n2CC1C(=O)O. The summed E-state index contributed by atoms with van der Waals surface area (Å²) in [6.45, 7) is 7.50. The van der Waals surface area contributed by atoms with Crippen molar-refractivity contribution in [2.45, 2.75) is 46.4 Å². The molecule has 0 fully saturated rings. The van der Waals surface area contributed by atoms with E-state index in [1.54, 1.807) is 0 Å². The third-order valence-electron chi connectivity index (χ3n) is 4.44. The van der Waals surface area contributed by atoms with Gasteiger partial charge in [-0.25, -0.2) is 0 Å². The van der Waals surface area contributed by atoms with Gasteiger partial charge in [0.1, 0.15) is 17.7 Å². The Kier molecular flexibility index (Phi) is 3.70. The Morgan fingerprint density at radius 1 is 1.27 bits per heavy atom. The second-order valence-electron chi connectivity index (χ2n) is 5.90. The van der Waals surface area contributed by atoms with Gasteiger partial charge in [0.2, 0.25) is 0 Å². The first-order valence-electron chi connectivity index (χ1n) is 7.38. The smallest absolute Gasteiger partial charge is 0.322 e. The van der Waals surface area contributed by atoms with Crippen LogP contribution in [0, 0.1) is 20.8 Å². The molecule has 1 aromatic heterocycles. The first-order chi connectivity index (χ1) is 10.5. The lowest BCUT2D eigenvalue weighted by molar-refractivity contribution is -0.145. The third kappa shape index (κ3) is 2.50. The highest BCUT2D eigenvalue weighted by Gasteiger charge is 2.33. The molecule has 22 heavy (non-hydrogen) atoms. The predicted molar refractivity (Wildman–Crippen MR) is 81.3 cm³/mol. The quantitative estimate of drug-likeness (QED) is 0.933. The lowest BCUT2D eigenvalue weighted by Gasteiger charge is -2.34. The lowest BCUT2D eigenvalue weighted by Crippen LogP contribution is -2.47. The summed E-state index contributed by atoms with van der Waals surface area (Å²) in [7, 11) is 0. The summed E-state index contributed by atoms with van der Waals surface area (Å²) in [6, 6.07) is 5.60. The zero-order valence-electron chi connectivity index (χ0n) is 13.1. The fourth-order valence-corrected chi connectivity index (χ4v) is 3.06. The standard InChI is InChI=1S/C16H20N4O2/c1-10-5-4-6-11(2)13(10)7-19-9-15-18-17-12(3)20(15)8-14(19)16(21)22/h4-6,14H,7-9H2,1-3H3,(H,21,22). The van der Waals surface area contributed by atoms with Gasteiger partial charge in [-0.05, 0) is 37.5 Å². The van der Waals surface area contributed by atoms with E-state index in [2.05, 4.69) is 36.2 Å². The molecule has 2 aromatic rings. The number of aryl methyl sites for hydroxylation is 3. The van der Waals surface area contributed by atoms with E-state index >= 15 is 0 Å². The molecule has 0 spiro atoms. The molecule has 1 N–H and O–H groups in total. The summed E-state index contributed by atoms with van der Waals surface area (Å²) in [5, 5.41) is 17.8. The summed E-state index contributed by atoms with van der Waals surface area (Å²) in [4.78, 5) is 13.6. The minimum Gasteiger partial charge on any atom is -0.480 e. The van der Waals surface area contributed by atoms with Crippen LogP contribution in [0.3, 0.4) is 0 Å². The van der Waals surface area contributed by atoms with Gasteiger partial charge in [0.05, 0.1) is 13.1 Å². The van der Waals surface area contributed by atoms with E-state index in [0.717, 1.165) is 11.6 Å². The maximum absolute atomic E-state index is 11.7. The molecule has 6 nitrogen and oxygen atoms in total. The Labute approximate surface area is 129 Å². The van der Waals surface area contributed by atoms with Gasteiger partial charge >= 0.3 is 5.97 Å². The number of carboxylic acids is 1. The minimum absolute atomic E-state index is 0.397. The number of carboxylic acid groups (broad SMARTS) is 1. The summed E-state index contributed by atoms with van der Waals surface area (Å²) in [5.74, 6) is 0.805. The van der Waals surface area contributed by atoms with Gasteiger partial charge in [-0.3, -0.25) is 9.69 Å². The van der Waals surface area contributed by atoms with Gasteiger partial charge in [-0.2, -0.15) is 0 Å². The lowest BCUT2D eigenvalue weighted by atomic mass is 10.0.